The predicted molar refractivity (Wildman–Crippen MR) is 73.6 cm³/mol. The highest BCUT2D eigenvalue weighted by Crippen LogP contribution is 2.13. The maximum absolute atomic E-state index is 9.23. The van der Waals surface area contributed by atoms with E-state index in [9.17, 15) is 5.11 Å². The van der Waals surface area contributed by atoms with Crippen LogP contribution in [0.25, 0.3) is 0 Å². The molecule has 1 N–H and O–H groups in total. The minimum absolute atomic E-state index is 0.343. The van der Waals surface area contributed by atoms with Crippen LogP contribution in [0.2, 0.25) is 0 Å². The topological polar surface area (TPSA) is 26.7 Å². The Labute approximate surface area is 111 Å². The quantitative estimate of drug-likeness (QED) is 0.860. The van der Waals surface area contributed by atoms with E-state index in [1.165, 1.54) is 5.56 Å². The zero-order valence-electron chi connectivity index (χ0n) is 9.98. The summed E-state index contributed by atoms with van der Waals surface area (Å²) in [6, 6.07) is 7.52. The summed E-state index contributed by atoms with van der Waals surface area (Å²) < 4.78 is 0. The molecule has 1 saturated heterocycles. The zero-order chi connectivity index (χ0) is 12.1. The summed E-state index contributed by atoms with van der Waals surface area (Å²) >= 11 is 3.48. The third-order valence-electron chi connectivity index (χ3n) is 3.21. The van der Waals surface area contributed by atoms with Crippen LogP contribution < -0.4 is 0 Å². The van der Waals surface area contributed by atoms with Gasteiger partial charge < -0.3 is 5.11 Å². The second-order valence-corrected chi connectivity index (χ2v) is 5.27. The summed E-state index contributed by atoms with van der Waals surface area (Å²) in [5.74, 6) is 0.343. The van der Waals surface area contributed by atoms with Crippen LogP contribution in [0.3, 0.4) is 0 Å². The summed E-state index contributed by atoms with van der Waals surface area (Å²) in [6.45, 7) is 6.71. The van der Waals surface area contributed by atoms with Crippen molar-refractivity contribution in [3.63, 3.8) is 0 Å². The van der Waals surface area contributed by atoms with Crippen LogP contribution in [0, 0.1) is 0 Å². The van der Waals surface area contributed by atoms with E-state index in [2.05, 4.69) is 25.7 Å². The Hall–Kier alpha value is -0.580. The van der Waals surface area contributed by atoms with Gasteiger partial charge in [-0.3, -0.25) is 9.80 Å². The van der Waals surface area contributed by atoms with Crippen molar-refractivity contribution >= 4 is 15.9 Å². The van der Waals surface area contributed by atoms with Crippen molar-refractivity contribution in [2.75, 3.05) is 38.1 Å². The third kappa shape index (κ3) is 3.98. The number of nitrogens with zero attached hydrogens (tertiary/aromatic N) is 2. The molecule has 1 heterocycles. The lowest BCUT2D eigenvalue weighted by molar-refractivity contribution is 0.133. The van der Waals surface area contributed by atoms with Crippen LogP contribution in [0.1, 0.15) is 5.56 Å². The lowest BCUT2D eigenvalue weighted by Crippen LogP contribution is -2.46. The normalized spacial score (nSPS) is 18.4. The fourth-order valence-electron chi connectivity index (χ4n) is 2.15. The number of benzene rings is 1. The number of hydrogen-bond acceptors (Lipinski definition) is 3. The molecule has 0 aliphatic carbocycles. The Bertz CT molecular complexity index is 334. The maximum atomic E-state index is 9.23. The summed E-state index contributed by atoms with van der Waals surface area (Å²) in [4.78, 5) is 4.96. The highest BCUT2D eigenvalue weighted by molar-refractivity contribution is 9.09. The first-order chi connectivity index (χ1) is 8.28. The van der Waals surface area contributed by atoms with E-state index in [4.69, 9.17) is 0 Å². The molecule has 4 heteroatoms. The average molecular weight is 299 g/mol. The van der Waals surface area contributed by atoms with E-state index in [1.807, 2.05) is 12.1 Å². The van der Waals surface area contributed by atoms with Gasteiger partial charge in [0.25, 0.3) is 0 Å². The van der Waals surface area contributed by atoms with E-state index < -0.39 is 0 Å². The van der Waals surface area contributed by atoms with Crippen LogP contribution in [-0.2, 0) is 6.54 Å². The molecule has 0 spiro atoms. The van der Waals surface area contributed by atoms with Gasteiger partial charge in [0.15, 0.2) is 0 Å². The Morgan fingerprint density at radius 3 is 2.18 bits per heavy atom. The van der Waals surface area contributed by atoms with E-state index in [0.29, 0.717) is 5.75 Å². The molecule has 0 atom stereocenters. The number of halogens is 1. The van der Waals surface area contributed by atoms with Crippen LogP contribution in [0.15, 0.2) is 24.3 Å². The highest BCUT2D eigenvalue weighted by atomic mass is 79.9. The molecule has 1 aromatic carbocycles. The molecule has 1 fully saturated rings. The molecule has 3 nitrogen and oxygen atoms in total. The zero-order valence-corrected chi connectivity index (χ0v) is 11.6. The van der Waals surface area contributed by atoms with E-state index in [-0.39, 0.29) is 0 Å². The first kappa shape index (κ1) is 12.9. The second kappa shape index (κ2) is 6.38. The van der Waals surface area contributed by atoms with Gasteiger partial charge in [-0.15, -0.1) is 0 Å². The van der Waals surface area contributed by atoms with Gasteiger partial charge in [-0.1, -0.05) is 28.1 Å². The number of piperazine rings is 1. The first-order valence-corrected chi connectivity index (χ1v) is 7.18. The Morgan fingerprint density at radius 1 is 1.00 bits per heavy atom. The van der Waals surface area contributed by atoms with Gasteiger partial charge in [0.05, 0.1) is 0 Å². The number of phenolic OH excluding ortho intramolecular Hbond substituents is 1. The van der Waals surface area contributed by atoms with Gasteiger partial charge in [0.1, 0.15) is 5.75 Å². The molecule has 1 aromatic rings. The standard InChI is InChI=1S/C13H19BrN2O/c14-5-6-15-7-9-16(10-8-15)11-12-1-3-13(17)4-2-12/h1-4,17H,5-11H2. The van der Waals surface area contributed by atoms with Crippen molar-refractivity contribution in [3.8, 4) is 5.75 Å². The summed E-state index contributed by atoms with van der Waals surface area (Å²) in [5.41, 5.74) is 1.27. The fourth-order valence-corrected chi connectivity index (χ4v) is 2.65. The van der Waals surface area contributed by atoms with Gasteiger partial charge >= 0.3 is 0 Å². The molecular weight excluding hydrogens is 280 g/mol. The number of hydrogen-bond donors (Lipinski definition) is 1. The van der Waals surface area contributed by atoms with E-state index >= 15 is 0 Å². The third-order valence-corrected chi connectivity index (χ3v) is 3.56. The number of rotatable bonds is 4. The van der Waals surface area contributed by atoms with Crippen LogP contribution in [-0.4, -0.2) is 53.0 Å². The average Bonchev–Trinajstić information content (AvgIpc) is 2.35. The molecule has 0 radical (unpaired) electrons. The lowest BCUT2D eigenvalue weighted by atomic mass is 10.2. The smallest absolute Gasteiger partial charge is 0.115 e. The molecule has 0 saturated carbocycles. The molecule has 0 aromatic heterocycles. The van der Waals surface area contributed by atoms with Crippen molar-refractivity contribution in [1.82, 2.24) is 9.80 Å². The SMILES string of the molecule is Oc1ccc(CN2CCN(CCBr)CC2)cc1. The van der Waals surface area contributed by atoms with E-state index in [1.54, 1.807) is 12.1 Å². The van der Waals surface area contributed by atoms with Gasteiger partial charge in [-0.25, -0.2) is 0 Å². The van der Waals surface area contributed by atoms with Crippen LogP contribution >= 0.6 is 15.9 Å². The van der Waals surface area contributed by atoms with Crippen LogP contribution in [0.5, 0.6) is 5.75 Å². The van der Waals surface area contributed by atoms with Gasteiger partial charge in [-0.05, 0) is 17.7 Å². The van der Waals surface area contributed by atoms with Crippen molar-refractivity contribution in [2.45, 2.75) is 6.54 Å². The van der Waals surface area contributed by atoms with Gasteiger partial charge in [0, 0.05) is 44.6 Å². The lowest BCUT2D eigenvalue weighted by Gasteiger charge is -2.34. The second-order valence-electron chi connectivity index (χ2n) is 4.47. The summed E-state index contributed by atoms with van der Waals surface area (Å²) in [7, 11) is 0. The molecule has 17 heavy (non-hydrogen) atoms. The molecule has 0 amide bonds. The largest absolute Gasteiger partial charge is 0.508 e. The molecule has 1 aliphatic heterocycles. The molecule has 1 aliphatic rings. The molecule has 0 bridgehead atoms. The first-order valence-electron chi connectivity index (χ1n) is 6.06. The summed E-state index contributed by atoms with van der Waals surface area (Å²) in [6.07, 6.45) is 0. The molecule has 0 unspecified atom stereocenters. The van der Waals surface area contributed by atoms with E-state index in [0.717, 1.165) is 44.6 Å². The minimum Gasteiger partial charge on any atom is -0.508 e. The Kier molecular flexibility index (Phi) is 4.83. The number of aromatic hydroxyl groups is 1. The number of phenols is 1. The van der Waals surface area contributed by atoms with Crippen LogP contribution in [0.4, 0.5) is 0 Å². The molecule has 94 valence electrons. The number of alkyl halides is 1. The molecule has 2 rings (SSSR count). The highest BCUT2D eigenvalue weighted by Gasteiger charge is 2.15. The van der Waals surface area contributed by atoms with Crippen molar-refractivity contribution in [2.24, 2.45) is 0 Å². The Balaban J connectivity index is 1.79. The van der Waals surface area contributed by atoms with Crippen molar-refractivity contribution in [1.29, 1.82) is 0 Å². The van der Waals surface area contributed by atoms with Crippen molar-refractivity contribution < 1.29 is 5.11 Å². The maximum Gasteiger partial charge on any atom is 0.115 e. The predicted octanol–water partition coefficient (Wildman–Crippen LogP) is 1.90. The minimum atomic E-state index is 0.343. The monoisotopic (exact) mass is 298 g/mol. The Morgan fingerprint density at radius 2 is 1.59 bits per heavy atom. The molecular formula is C13H19BrN2O. The van der Waals surface area contributed by atoms with Gasteiger partial charge in [0.2, 0.25) is 0 Å². The van der Waals surface area contributed by atoms with Crippen molar-refractivity contribution in [3.05, 3.63) is 29.8 Å². The van der Waals surface area contributed by atoms with Gasteiger partial charge in [-0.2, -0.15) is 0 Å². The summed E-state index contributed by atoms with van der Waals surface area (Å²) in [5, 5.41) is 10.3. The fraction of sp³-hybridized carbons (Fsp3) is 0.538.